The Hall–Kier alpha value is -2.49. The molecule has 2 aromatic rings. The van der Waals surface area contributed by atoms with Gasteiger partial charge in [-0.1, -0.05) is 12.1 Å². The SMILES string of the molecule is Cc1cc(O)ccc1C(C(=O)O)c1ccc(O)cc1C. The number of aromatic hydroxyl groups is 2. The minimum Gasteiger partial charge on any atom is -0.508 e. The number of benzene rings is 2. The molecule has 0 aromatic heterocycles. The van der Waals surface area contributed by atoms with E-state index in [4.69, 9.17) is 0 Å². The summed E-state index contributed by atoms with van der Waals surface area (Å²) in [5.41, 5.74) is 2.68. The fourth-order valence-electron chi connectivity index (χ4n) is 2.40. The van der Waals surface area contributed by atoms with Gasteiger partial charge in [-0.15, -0.1) is 0 Å². The van der Waals surface area contributed by atoms with Crippen LogP contribution >= 0.6 is 0 Å². The normalized spacial score (nSPS) is 10.8. The van der Waals surface area contributed by atoms with Crippen molar-refractivity contribution in [1.82, 2.24) is 0 Å². The molecule has 104 valence electrons. The summed E-state index contributed by atoms with van der Waals surface area (Å²) in [6.07, 6.45) is 0. The molecule has 0 atom stereocenters. The standard InChI is InChI=1S/C16H16O4/c1-9-7-11(17)3-5-13(9)15(16(19)20)14-6-4-12(18)8-10(14)2/h3-8,15,17-18H,1-2H3,(H,19,20). The molecule has 0 spiro atoms. The van der Waals surface area contributed by atoms with Crippen LogP contribution in [0.3, 0.4) is 0 Å². The largest absolute Gasteiger partial charge is 0.508 e. The lowest BCUT2D eigenvalue weighted by Gasteiger charge is -2.18. The van der Waals surface area contributed by atoms with Gasteiger partial charge in [-0.25, -0.2) is 0 Å². The molecule has 0 bridgehead atoms. The van der Waals surface area contributed by atoms with E-state index >= 15 is 0 Å². The molecule has 0 radical (unpaired) electrons. The van der Waals surface area contributed by atoms with E-state index < -0.39 is 11.9 Å². The first-order valence-corrected chi connectivity index (χ1v) is 6.22. The highest BCUT2D eigenvalue weighted by Gasteiger charge is 2.25. The minimum absolute atomic E-state index is 0.109. The summed E-state index contributed by atoms with van der Waals surface area (Å²) >= 11 is 0. The van der Waals surface area contributed by atoms with E-state index in [1.807, 2.05) is 0 Å². The van der Waals surface area contributed by atoms with Gasteiger partial charge in [0.25, 0.3) is 0 Å². The molecule has 4 nitrogen and oxygen atoms in total. The van der Waals surface area contributed by atoms with E-state index in [9.17, 15) is 20.1 Å². The Bertz CT molecular complexity index is 610. The Morgan fingerprint density at radius 2 is 1.30 bits per heavy atom. The number of hydrogen-bond donors (Lipinski definition) is 3. The molecule has 0 aliphatic carbocycles. The van der Waals surface area contributed by atoms with Gasteiger partial charge in [0.15, 0.2) is 0 Å². The lowest BCUT2D eigenvalue weighted by molar-refractivity contribution is -0.137. The second-order valence-corrected chi connectivity index (χ2v) is 4.85. The third-order valence-electron chi connectivity index (χ3n) is 3.38. The van der Waals surface area contributed by atoms with Crippen molar-refractivity contribution in [2.24, 2.45) is 0 Å². The number of carboxylic acid groups (broad SMARTS) is 1. The minimum atomic E-state index is -0.965. The van der Waals surface area contributed by atoms with Crippen molar-refractivity contribution in [1.29, 1.82) is 0 Å². The number of phenols is 2. The van der Waals surface area contributed by atoms with Gasteiger partial charge in [-0.2, -0.15) is 0 Å². The Morgan fingerprint density at radius 1 is 0.900 bits per heavy atom. The molecule has 0 aliphatic heterocycles. The van der Waals surface area contributed by atoms with E-state index in [1.54, 1.807) is 38.1 Å². The summed E-state index contributed by atoms with van der Waals surface area (Å²) < 4.78 is 0. The molecule has 3 N–H and O–H groups in total. The van der Waals surface area contributed by atoms with Crippen LogP contribution < -0.4 is 0 Å². The third kappa shape index (κ3) is 2.59. The first-order valence-electron chi connectivity index (χ1n) is 6.22. The van der Waals surface area contributed by atoms with E-state index in [0.717, 1.165) is 0 Å². The number of aryl methyl sites for hydroxylation is 2. The van der Waals surface area contributed by atoms with Crippen molar-refractivity contribution in [3.05, 3.63) is 58.7 Å². The molecule has 0 amide bonds. The van der Waals surface area contributed by atoms with Gasteiger partial charge >= 0.3 is 5.97 Å². The summed E-state index contributed by atoms with van der Waals surface area (Å²) in [5, 5.41) is 28.4. The molecule has 0 fully saturated rings. The maximum atomic E-state index is 11.6. The smallest absolute Gasteiger partial charge is 0.315 e. The van der Waals surface area contributed by atoms with Gasteiger partial charge in [-0.3, -0.25) is 4.79 Å². The van der Waals surface area contributed by atoms with Gasteiger partial charge in [0.1, 0.15) is 17.4 Å². The van der Waals surface area contributed by atoms with E-state index in [0.29, 0.717) is 22.3 Å². The van der Waals surface area contributed by atoms with Crippen LogP contribution in [0.4, 0.5) is 0 Å². The van der Waals surface area contributed by atoms with E-state index in [-0.39, 0.29) is 11.5 Å². The van der Waals surface area contributed by atoms with Crippen molar-refractivity contribution in [3.63, 3.8) is 0 Å². The zero-order valence-electron chi connectivity index (χ0n) is 11.3. The predicted molar refractivity (Wildman–Crippen MR) is 75.2 cm³/mol. The molecular formula is C16H16O4. The monoisotopic (exact) mass is 272 g/mol. The van der Waals surface area contributed by atoms with Gasteiger partial charge in [0.2, 0.25) is 0 Å². The van der Waals surface area contributed by atoms with Crippen LogP contribution in [0.1, 0.15) is 28.2 Å². The highest BCUT2D eigenvalue weighted by Crippen LogP contribution is 2.32. The van der Waals surface area contributed by atoms with Crippen LogP contribution in [-0.4, -0.2) is 21.3 Å². The second-order valence-electron chi connectivity index (χ2n) is 4.85. The summed E-state index contributed by atoms with van der Waals surface area (Å²) in [6.45, 7) is 3.53. The highest BCUT2D eigenvalue weighted by molar-refractivity contribution is 5.81. The summed E-state index contributed by atoms with van der Waals surface area (Å²) in [7, 11) is 0. The average Bonchev–Trinajstić information content (AvgIpc) is 2.34. The van der Waals surface area contributed by atoms with Gasteiger partial charge < -0.3 is 15.3 Å². The maximum Gasteiger partial charge on any atom is 0.315 e. The predicted octanol–water partition coefficient (Wildman–Crippen LogP) is 2.93. The van der Waals surface area contributed by atoms with Crippen LogP contribution in [0, 0.1) is 13.8 Å². The van der Waals surface area contributed by atoms with Crippen molar-refractivity contribution in [2.45, 2.75) is 19.8 Å². The third-order valence-corrected chi connectivity index (χ3v) is 3.38. The van der Waals surface area contributed by atoms with Gasteiger partial charge in [-0.05, 0) is 60.4 Å². The summed E-state index contributed by atoms with van der Waals surface area (Å²) in [4.78, 5) is 11.6. The molecular weight excluding hydrogens is 256 g/mol. The van der Waals surface area contributed by atoms with Crippen molar-refractivity contribution in [2.75, 3.05) is 0 Å². The lowest BCUT2D eigenvalue weighted by Crippen LogP contribution is -2.15. The molecule has 0 unspecified atom stereocenters. The molecule has 0 heterocycles. The first kappa shape index (κ1) is 13.9. The number of carboxylic acids is 1. The zero-order valence-corrected chi connectivity index (χ0v) is 11.3. The summed E-state index contributed by atoms with van der Waals surface area (Å²) in [6, 6.07) is 9.29. The Labute approximate surface area is 116 Å². The Balaban J connectivity index is 2.59. The molecule has 20 heavy (non-hydrogen) atoms. The van der Waals surface area contributed by atoms with E-state index in [1.165, 1.54) is 12.1 Å². The fraction of sp³-hybridized carbons (Fsp3) is 0.188. The first-order chi connectivity index (χ1) is 9.40. The average molecular weight is 272 g/mol. The molecule has 2 rings (SSSR count). The zero-order chi connectivity index (χ0) is 14.9. The van der Waals surface area contributed by atoms with Crippen LogP contribution in [-0.2, 0) is 4.79 Å². The maximum absolute atomic E-state index is 11.6. The number of aliphatic carboxylic acids is 1. The van der Waals surface area contributed by atoms with Crippen LogP contribution in [0.15, 0.2) is 36.4 Å². The van der Waals surface area contributed by atoms with Crippen molar-refractivity contribution in [3.8, 4) is 11.5 Å². The number of hydrogen-bond acceptors (Lipinski definition) is 3. The molecule has 4 heteroatoms. The van der Waals surface area contributed by atoms with Crippen molar-refractivity contribution < 1.29 is 20.1 Å². The number of phenolic OH excluding ortho intramolecular Hbond substituents is 2. The van der Waals surface area contributed by atoms with Gasteiger partial charge in [0, 0.05) is 0 Å². The number of rotatable bonds is 3. The topological polar surface area (TPSA) is 77.8 Å². The van der Waals surface area contributed by atoms with Crippen LogP contribution in [0.25, 0.3) is 0 Å². The molecule has 0 saturated carbocycles. The van der Waals surface area contributed by atoms with Crippen LogP contribution in [0.5, 0.6) is 11.5 Å². The Morgan fingerprint density at radius 3 is 1.60 bits per heavy atom. The van der Waals surface area contributed by atoms with Crippen LogP contribution in [0.2, 0.25) is 0 Å². The Kier molecular flexibility index (Phi) is 3.66. The fourth-order valence-corrected chi connectivity index (χ4v) is 2.40. The van der Waals surface area contributed by atoms with E-state index in [2.05, 4.69) is 0 Å². The summed E-state index contributed by atoms with van der Waals surface area (Å²) in [5.74, 6) is -1.57. The molecule has 0 saturated heterocycles. The number of carbonyl (C=O) groups is 1. The van der Waals surface area contributed by atoms with Crippen molar-refractivity contribution >= 4 is 5.97 Å². The molecule has 2 aromatic carbocycles. The highest BCUT2D eigenvalue weighted by atomic mass is 16.4. The lowest BCUT2D eigenvalue weighted by atomic mass is 9.86. The second kappa shape index (κ2) is 5.25. The quantitative estimate of drug-likeness (QED) is 0.802. The van der Waals surface area contributed by atoms with Gasteiger partial charge in [0.05, 0.1) is 0 Å². The molecule has 0 aliphatic rings.